The largest absolute Gasteiger partial charge is 0.493 e. The van der Waals surface area contributed by atoms with Crippen molar-refractivity contribution in [2.45, 2.75) is 38.0 Å². The van der Waals surface area contributed by atoms with Gasteiger partial charge in [0, 0.05) is 36.7 Å². The minimum Gasteiger partial charge on any atom is -0.493 e. The molecule has 152 valence electrons. The van der Waals surface area contributed by atoms with Gasteiger partial charge in [0.2, 0.25) is 0 Å². The fourth-order valence-corrected chi connectivity index (χ4v) is 3.91. The van der Waals surface area contributed by atoms with Gasteiger partial charge >= 0.3 is 0 Å². The Morgan fingerprint density at radius 2 is 1.83 bits per heavy atom. The fourth-order valence-electron chi connectivity index (χ4n) is 3.91. The molecule has 2 N–H and O–H groups in total. The first kappa shape index (κ1) is 19.8. The SMILES string of the molecule is Cc1ccc(OCCC(O)N2CCC(O)(c3cnc4ccccc4c3)CC2)cc1. The van der Waals surface area contributed by atoms with E-state index in [1.807, 2.05) is 66.4 Å². The zero-order chi connectivity index (χ0) is 20.3. The molecule has 5 nitrogen and oxygen atoms in total. The third kappa shape index (κ3) is 4.58. The van der Waals surface area contributed by atoms with Crippen molar-refractivity contribution in [2.24, 2.45) is 0 Å². The standard InChI is InChI=1S/C24H28N2O3/c1-18-6-8-21(9-7-18)29-15-10-23(27)26-13-11-24(28,12-14-26)20-16-19-4-2-3-5-22(19)25-17-20/h2-9,16-17,23,27-28H,10-15H2,1H3. The second-order valence-corrected chi connectivity index (χ2v) is 7.92. The van der Waals surface area contributed by atoms with Crippen molar-refractivity contribution in [3.63, 3.8) is 0 Å². The number of para-hydroxylation sites is 1. The van der Waals surface area contributed by atoms with Crippen molar-refractivity contribution >= 4 is 10.9 Å². The first-order valence-electron chi connectivity index (χ1n) is 10.2. The number of rotatable bonds is 6. The van der Waals surface area contributed by atoms with E-state index in [4.69, 9.17) is 4.74 Å². The molecule has 4 rings (SSSR count). The molecule has 0 saturated carbocycles. The number of ether oxygens (including phenoxy) is 1. The third-order valence-electron chi connectivity index (χ3n) is 5.84. The number of fused-ring (bicyclic) bond motifs is 1. The number of aryl methyl sites for hydroxylation is 1. The van der Waals surface area contributed by atoms with E-state index in [2.05, 4.69) is 4.98 Å². The number of likely N-dealkylation sites (tertiary alicyclic amines) is 1. The van der Waals surface area contributed by atoms with E-state index < -0.39 is 11.8 Å². The highest BCUT2D eigenvalue weighted by molar-refractivity contribution is 5.78. The molecule has 3 aromatic rings. The molecular formula is C24H28N2O3. The Bertz CT molecular complexity index is 950. The Morgan fingerprint density at radius 3 is 2.59 bits per heavy atom. The van der Waals surface area contributed by atoms with Crippen LogP contribution < -0.4 is 4.74 Å². The van der Waals surface area contributed by atoms with Gasteiger partial charge in [-0.2, -0.15) is 0 Å². The third-order valence-corrected chi connectivity index (χ3v) is 5.84. The highest BCUT2D eigenvalue weighted by atomic mass is 16.5. The molecule has 0 spiro atoms. The summed E-state index contributed by atoms with van der Waals surface area (Å²) in [5.74, 6) is 0.819. The molecule has 29 heavy (non-hydrogen) atoms. The van der Waals surface area contributed by atoms with Crippen molar-refractivity contribution in [1.29, 1.82) is 0 Å². The summed E-state index contributed by atoms with van der Waals surface area (Å²) in [6.07, 6.45) is 2.89. The number of aromatic nitrogens is 1. The lowest BCUT2D eigenvalue weighted by atomic mass is 9.84. The molecule has 2 aromatic carbocycles. The normalized spacial score (nSPS) is 17.9. The molecule has 0 amide bonds. The van der Waals surface area contributed by atoms with E-state index >= 15 is 0 Å². The van der Waals surface area contributed by atoms with E-state index in [0.717, 1.165) is 22.2 Å². The van der Waals surface area contributed by atoms with Gasteiger partial charge in [-0.1, -0.05) is 35.9 Å². The zero-order valence-corrected chi connectivity index (χ0v) is 16.8. The minimum absolute atomic E-state index is 0.458. The summed E-state index contributed by atoms with van der Waals surface area (Å²) in [6.45, 7) is 3.77. The average molecular weight is 392 g/mol. The molecule has 5 heteroatoms. The van der Waals surface area contributed by atoms with Gasteiger partial charge in [-0.3, -0.25) is 9.88 Å². The van der Waals surface area contributed by atoms with Crippen molar-refractivity contribution in [2.75, 3.05) is 19.7 Å². The van der Waals surface area contributed by atoms with Crippen LogP contribution in [0.25, 0.3) is 10.9 Å². The molecular weight excluding hydrogens is 364 g/mol. The molecule has 0 bridgehead atoms. The number of hydrogen-bond donors (Lipinski definition) is 2. The predicted molar refractivity (Wildman–Crippen MR) is 114 cm³/mol. The first-order chi connectivity index (χ1) is 14.0. The van der Waals surface area contributed by atoms with Crippen LogP contribution in [-0.4, -0.2) is 46.0 Å². The summed E-state index contributed by atoms with van der Waals surface area (Å²) in [5.41, 5.74) is 2.08. The van der Waals surface area contributed by atoms with Crippen LogP contribution in [0.1, 0.15) is 30.4 Å². The Morgan fingerprint density at radius 1 is 1.10 bits per heavy atom. The van der Waals surface area contributed by atoms with Crippen LogP contribution in [-0.2, 0) is 5.60 Å². The van der Waals surface area contributed by atoms with Gasteiger partial charge in [0.05, 0.1) is 17.7 Å². The van der Waals surface area contributed by atoms with Gasteiger partial charge in [-0.05, 0) is 44.0 Å². The maximum Gasteiger partial charge on any atom is 0.119 e. The molecule has 1 fully saturated rings. The van der Waals surface area contributed by atoms with Gasteiger partial charge in [0.15, 0.2) is 0 Å². The van der Waals surface area contributed by atoms with E-state index in [1.165, 1.54) is 5.56 Å². The smallest absolute Gasteiger partial charge is 0.119 e. The molecule has 0 aliphatic carbocycles. The van der Waals surface area contributed by atoms with Crippen LogP contribution in [0.4, 0.5) is 0 Å². The second kappa shape index (κ2) is 8.49. The van der Waals surface area contributed by atoms with E-state index in [-0.39, 0.29) is 0 Å². The highest BCUT2D eigenvalue weighted by Crippen LogP contribution is 2.34. The second-order valence-electron chi connectivity index (χ2n) is 7.92. The molecule has 1 atom stereocenters. The number of hydrogen-bond acceptors (Lipinski definition) is 5. The Labute approximate surface area is 171 Å². The quantitative estimate of drug-likeness (QED) is 0.671. The molecule has 1 aliphatic heterocycles. The van der Waals surface area contributed by atoms with Crippen LogP contribution in [0.2, 0.25) is 0 Å². The summed E-state index contributed by atoms with van der Waals surface area (Å²) in [5, 5.41) is 22.7. The minimum atomic E-state index is -0.897. The van der Waals surface area contributed by atoms with Crippen molar-refractivity contribution in [3.05, 3.63) is 71.9 Å². The Hall–Kier alpha value is -2.47. The number of aliphatic hydroxyl groups is 2. The van der Waals surface area contributed by atoms with Crippen LogP contribution in [0.5, 0.6) is 5.75 Å². The molecule has 2 heterocycles. The summed E-state index contributed by atoms with van der Waals surface area (Å²) >= 11 is 0. The number of nitrogens with zero attached hydrogens (tertiary/aromatic N) is 2. The molecule has 1 saturated heterocycles. The Kier molecular flexibility index (Phi) is 5.81. The lowest BCUT2D eigenvalue weighted by molar-refractivity contribution is -0.0819. The molecule has 0 radical (unpaired) electrons. The van der Waals surface area contributed by atoms with Gasteiger partial charge in [-0.25, -0.2) is 0 Å². The Balaban J connectivity index is 1.31. The zero-order valence-electron chi connectivity index (χ0n) is 16.8. The number of piperidine rings is 1. The maximum absolute atomic E-state index is 11.2. The van der Waals surface area contributed by atoms with Gasteiger partial charge in [-0.15, -0.1) is 0 Å². The number of aliphatic hydroxyl groups excluding tert-OH is 1. The summed E-state index contributed by atoms with van der Waals surface area (Å²) in [7, 11) is 0. The number of pyridine rings is 1. The van der Waals surface area contributed by atoms with Crippen molar-refractivity contribution in [3.8, 4) is 5.75 Å². The predicted octanol–water partition coefficient (Wildman–Crippen LogP) is 3.61. The van der Waals surface area contributed by atoms with Crippen molar-refractivity contribution < 1.29 is 14.9 Å². The maximum atomic E-state index is 11.2. The van der Waals surface area contributed by atoms with Gasteiger partial charge in [0.1, 0.15) is 12.0 Å². The van der Waals surface area contributed by atoms with Crippen LogP contribution in [0.15, 0.2) is 60.8 Å². The molecule has 1 aliphatic rings. The molecule has 1 aromatic heterocycles. The fraction of sp³-hybridized carbons (Fsp3) is 0.375. The summed E-state index contributed by atoms with van der Waals surface area (Å²) in [6, 6.07) is 17.9. The van der Waals surface area contributed by atoms with E-state index in [0.29, 0.717) is 39.0 Å². The van der Waals surface area contributed by atoms with Crippen LogP contribution >= 0.6 is 0 Å². The first-order valence-corrected chi connectivity index (χ1v) is 10.2. The van der Waals surface area contributed by atoms with E-state index in [1.54, 1.807) is 6.20 Å². The van der Waals surface area contributed by atoms with E-state index in [9.17, 15) is 10.2 Å². The van der Waals surface area contributed by atoms with Gasteiger partial charge in [0.25, 0.3) is 0 Å². The monoisotopic (exact) mass is 392 g/mol. The highest BCUT2D eigenvalue weighted by Gasteiger charge is 2.36. The summed E-state index contributed by atoms with van der Waals surface area (Å²) in [4.78, 5) is 6.51. The average Bonchev–Trinajstić information content (AvgIpc) is 2.75. The summed E-state index contributed by atoms with van der Waals surface area (Å²) < 4.78 is 5.73. The topological polar surface area (TPSA) is 65.8 Å². The number of benzene rings is 2. The van der Waals surface area contributed by atoms with Gasteiger partial charge < -0.3 is 14.9 Å². The van der Waals surface area contributed by atoms with Crippen LogP contribution in [0, 0.1) is 6.92 Å². The lowest BCUT2D eigenvalue weighted by Gasteiger charge is -2.40. The van der Waals surface area contributed by atoms with Crippen molar-refractivity contribution in [1.82, 2.24) is 9.88 Å². The van der Waals surface area contributed by atoms with Crippen LogP contribution in [0.3, 0.4) is 0 Å². The lowest BCUT2D eigenvalue weighted by Crippen LogP contribution is -2.47. The molecule has 1 unspecified atom stereocenters.